The molecule has 0 aromatic heterocycles. The summed E-state index contributed by atoms with van der Waals surface area (Å²) in [5.41, 5.74) is -0.536. The minimum atomic E-state index is -0.536. The summed E-state index contributed by atoms with van der Waals surface area (Å²) in [7, 11) is 3.45. The highest BCUT2D eigenvalue weighted by Gasteiger charge is 2.41. The predicted molar refractivity (Wildman–Crippen MR) is 83.4 cm³/mol. The lowest BCUT2D eigenvalue weighted by atomic mass is 10.00. The maximum Gasteiger partial charge on any atom is 0.410 e. The van der Waals surface area contributed by atoms with E-state index in [9.17, 15) is 9.59 Å². The van der Waals surface area contributed by atoms with Crippen molar-refractivity contribution in [1.82, 2.24) is 9.80 Å². The summed E-state index contributed by atoms with van der Waals surface area (Å²) in [6.45, 7) is 8.26. The Morgan fingerprint density at radius 2 is 1.78 bits per heavy atom. The summed E-state index contributed by atoms with van der Waals surface area (Å²) in [4.78, 5) is 43.9. The highest BCUT2D eigenvalue weighted by atomic mass is 16.6. The van der Waals surface area contributed by atoms with Crippen LogP contribution in [0.25, 0.3) is 0 Å². The molecule has 0 aromatic carbocycles. The Morgan fingerprint density at radius 1 is 1.26 bits per heavy atom. The van der Waals surface area contributed by atoms with Crippen molar-refractivity contribution in [3.63, 3.8) is 0 Å². The predicted octanol–water partition coefficient (Wildman–Crippen LogP) is 1.92. The second-order valence-electron chi connectivity index (χ2n) is 6.85. The molecule has 2 atom stereocenters. The second-order valence-corrected chi connectivity index (χ2v) is 6.85. The monoisotopic (exact) mass is 328 g/mol. The molecule has 23 heavy (non-hydrogen) atoms. The maximum absolute atomic E-state index is 12.3. The van der Waals surface area contributed by atoms with Gasteiger partial charge in [-0.05, 0) is 39.5 Å². The fraction of sp³-hybridized carbons (Fsp3) is 0.812. The lowest BCUT2D eigenvalue weighted by Crippen LogP contribution is -2.47. The quantitative estimate of drug-likeness (QED) is 0.790. The Morgan fingerprint density at radius 3 is 2.17 bits per heavy atom. The summed E-state index contributed by atoms with van der Waals surface area (Å²) in [6.07, 6.45) is 2.72. The fourth-order valence-corrected chi connectivity index (χ4v) is 2.59. The van der Waals surface area contributed by atoms with Gasteiger partial charge in [-0.15, -0.1) is 0 Å². The summed E-state index contributed by atoms with van der Waals surface area (Å²) >= 11 is 0. The first-order valence-electron chi connectivity index (χ1n) is 7.77. The number of carbonyl (C=O) groups is 2. The van der Waals surface area contributed by atoms with Crippen molar-refractivity contribution in [2.45, 2.75) is 58.6 Å². The molecule has 0 aliphatic carbocycles. The minimum Gasteiger partial charge on any atom is -0.444 e. The van der Waals surface area contributed by atoms with E-state index in [2.05, 4.69) is 6.92 Å². The molecule has 1 rings (SSSR count). The van der Waals surface area contributed by atoms with Crippen LogP contribution in [0.2, 0.25) is 0 Å². The zero-order valence-corrected chi connectivity index (χ0v) is 14.9. The molecular formula is C16H28N2O5. The van der Waals surface area contributed by atoms with E-state index in [0.29, 0.717) is 12.5 Å². The van der Waals surface area contributed by atoms with Crippen molar-refractivity contribution in [2.75, 3.05) is 20.6 Å². The van der Waals surface area contributed by atoms with Gasteiger partial charge < -0.3 is 9.64 Å². The number of hydrogen-bond donors (Lipinski definition) is 0. The lowest BCUT2D eigenvalue weighted by molar-refractivity contribution is -0.191. The molecule has 1 saturated heterocycles. The second kappa shape index (κ2) is 9.30. The minimum absolute atomic E-state index is 0.0190. The van der Waals surface area contributed by atoms with E-state index in [1.54, 1.807) is 23.9 Å². The molecule has 132 valence electrons. The normalized spacial score (nSPS) is 20.2. The molecule has 0 saturated carbocycles. The molecule has 1 fully saturated rings. The van der Waals surface area contributed by atoms with Crippen LogP contribution in [0.1, 0.15) is 47.0 Å². The van der Waals surface area contributed by atoms with Gasteiger partial charge in [0.25, 0.3) is 0 Å². The smallest absolute Gasteiger partial charge is 0.410 e. The van der Waals surface area contributed by atoms with Crippen LogP contribution in [0.4, 0.5) is 4.79 Å². The van der Waals surface area contributed by atoms with Crippen molar-refractivity contribution < 1.29 is 23.9 Å². The summed E-state index contributed by atoms with van der Waals surface area (Å²) in [5, 5.41) is 0. The molecule has 7 nitrogen and oxygen atoms in total. The molecule has 0 N–H and O–H groups in total. The summed E-state index contributed by atoms with van der Waals surface area (Å²) in [5.74, 6) is 0.371. The molecule has 1 aliphatic rings. The van der Waals surface area contributed by atoms with E-state index >= 15 is 0 Å². The zero-order chi connectivity index (χ0) is 18.2. The third-order valence-electron chi connectivity index (χ3n) is 3.44. The largest absolute Gasteiger partial charge is 0.444 e. The number of likely N-dealkylation sites (tertiary alicyclic amines) is 1. The Bertz CT molecular complexity index is 436. The summed E-state index contributed by atoms with van der Waals surface area (Å²) in [6, 6.07) is -0.378. The van der Waals surface area contributed by atoms with Crippen LogP contribution < -0.4 is 0 Å². The van der Waals surface area contributed by atoms with Gasteiger partial charge in [-0.25, -0.2) is 4.79 Å². The van der Waals surface area contributed by atoms with Crippen LogP contribution in [0.5, 0.6) is 0 Å². The van der Waals surface area contributed by atoms with Crippen molar-refractivity contribution in [3.05, 3.63) is 0 Å². The molecule has 0 aromatic rings. The van der Waals surface area contributed by atoms with Gasteiger partial charge in [-0.1, -0.05) is 13.3 Å². The first-order chi connectivity index (χ1) is 10.6. The highest BCUT2D eigenvalue weighted by molar-refractivity contribution is 5.86. The standard InChI is InChI=1S/C15H28N2O3.CO2/c1-7-8-11-9-12(13(18)16(5)6)17(10-11)14(19)20-15(2,3)4;2-1-3/h11-12H,7-10H2,1-6H3;/t11-,12-;/m1./s1. The Hall–Kier alpha value is -1.88. The van der Waals surface area contributed by atoms with Gasteiger partial charge in [0.2, 0.25) is 5.91 Å². The van der Waals surface area contributed by atoms with Crippen molar-refractivity contribution in [3.8, 4) is 0 Å². The Labute approximate surface area is 137 Å². The molecule has 0 bridgehead atoms. The van der Waals surface area contributed by atoms with Crippen molar-refractivity contribution >= 4 is 18.2 Å². The van der Waals surface area contributed by atoms with E-state index in [1.807, 2.05) is 20.8 Å². The topological polar surface area (TPSA) is 84.0 Å². The van der Waals surface area contributed by atoms with Gasteiger partial charge >= 0.3 is 12.2 Å². The average molecular weight is 328 g/mol. The first-order valence-corrected chi connectivity index (χ1v) is 7.77. The van der Waals surface area contributed by atoms with Gasteiger partial charge in [0, 0.05) is 20.6 Å². The molecule has 1 heterocycles. The molecular weight excluding hydrogens is 300 g/mol. The first kappa shape index (κ1) is 21.1. The van der Waals surface area contributed by atoms with E-state index in [0.717, 1.165) is 19.3 Å². The molecule has 2 amide bonds. The third kappa shape index (κ3) is 7.28. The molecule has 7 heteroatoms. The molecule has 1 aliphatic heterocycles. The fourth-order valence-electron chi connectivity index (χ4n) is 2.59. The van der Waals surface area contributed by atoms with Crippen molar-refractivity contribution in [1.29, 1.82) is 0 Å². The summed E-state index contributed by atoms with van der Waals surface area (Å²) < 4.78 is 5.42. The van der Waals surface area contributed by atoms with Crippen LogP contribution in [0.15, 0.2) is 0 Å². The highest BCUT2D eigenvalue weighted by Crippen LogP contribution is 2.29. The van der Waals surface area contributed by atoms with Crippen LogP contribution in [0.3, 0.4) is 0 Å². The maximum atomic E-state index is 12.3. The van der Waals surface area contributed by atoms with Crippen LogP contribution in [-0.2, 0) is 19.1 Å². The number of ether oxygens (including phenoxy) is 1. The number of carbonyl (C=O) groups excluding carboxylic acids is 4. The number of hydrogen-bond acceptors (Lipinski definition) is 5. The van der Waals surface area contributed by atoms with Gasteiger partial charge in [-0.3, -0.25) is 9.69 Å². The van der Waals surface area contributed by atoms with Gasteiger partial charge in [0.15, 0.2) is 0 Å². The van der Waals surface area contributed by atoms with E-state index in [-0.39, 0.29) is 24.2 Å². The molecule has 0 radical (unpaired) electrons. The number of rotatable bonds is 3. The Balaban J connectivity index is 0.00000149. The SMILES string of the molecule is CCC[C@@H]1C[C@H](C(=O)N(C)C)N(C(=O)OC(C)(C)C)C1.O=C=O. The van der Waals surface area contributed by atoms with E-state index in [4.69, 9.17) is 14.3 Å². The lowest BCUT2D eigenvalue weighted by Gasteiger charge is -2.29. The van der Waals surface area contributed by atoms with Crippen LogP contribution >= 0.6 is 0 Å². The Kier molecular flexibility index (Phi) is 8.54. The molecule has 0 unspecified atom stereocenters. The van der Waals surface area contributed by atoms with E-state index in [1.165, 1.54) is 0 Å². The van der Waals surface area contributed by atoms with Gasteiger partial charge in [-0.2, -0.15) is 9.59 Å². The average Bonchev–Trinajstić information content (AvgIpc) is 2.81. The van der Waals surface area contributed by atoms with Crippen LogP contribution in [0, 0.1) is 5.92 Å². The van der Waals surface area contributed by atoms with Gasteiger partial charge in [0.05, 0.1) is 0 Å². The number of amides is 2. The zero-order valence-electron chi connectivity index (χ0n) is 14.9. The number of nitrogens with zero attached hydrogens (tertiary/aromatic N) is 2. The number of likely N-dealkylation sites (N-methyl/N-ethyl adjacent to an activating group) is 1. The molecule has 0 spiro atoms. The third-order valence-corrected chi connectivity index (χ3v) is 3.44. The van der Waals surface area contributed by atoms with E-state index < -0.39 is 5.60 Å². The van der Waals surface area contributed by atoms with Gasteiger partial charge in [0.1, 0.15) is 11.6 Å². The van der Waals surface area contributed by atoms with Crippen LogP contribution in [-0.4, -0.2) is 60.2 Å². The van der Waals surface area contributed by atoms with Crippen molar-refractivity contribution in [2.24, 2.45) is 5.92 Å².